The van der Waals surface area contributed by atoms with Crippen LogP contribution in [0.5, 0.6) is 0 Å². The number of hydrogen-bond acceptors (Lipinski definition) is 3. The van der Waals surface area contributed by atoms with E-state index in [1.54, 1.807) is 11.3 Å². The molecule has 1 spiro atoms. The predicted octanol–water partition coefficient (Wildman–Crippen LogP) is 3.93. The molecule has 1 aromatic rings. The second-order valence-electron chi connectivity index (χ2n) is 6.53. The van der Waals surface area contributed by atoms with Crippen molar-refractivity contribution in [2.24, 2.45) is 5.92 Å². The number of thiophene rings is 1. The normalized spacial score (nSPS) is 24.6. The molecule has 0 aromatic carbocycles. The minimum Gasteiger partial charge on any atom is -0.321 e. The molecule has 4 heteroatoms. The lowest BCUT2D eigenvalue weighted by atomic mass is 9.97. The number of amides is 1. The zero-order valence-electron chi connectivity index (χ0n) is 13.1. The van der Waals surface area contributed by atoms with Crippen LogP contribution in [0.3, 0.4) is 0 Å². The minimum absolute atomic E-state index is 0.0856. The van der Waals surface area contributed by atoms with E-state index >= 15 is 0 Å². The van der Waals surface area contributed by atoms with E-state index in [0.29, 0.717) is 11.8 Å². The third kappa shape index (κ3) is 2.64. The molecule has 1 aliphatic heterocycles. The summed E-state index contributed by atoms with van der Waals surface area (Å²) in [5.41, 5.74) is 0.988. The van der Waals surface area contributed by atoms with Gasteiger partial charge < -0.3 is 4.90 Å². The third-order valence-electron chi connectivity index (χ3n) is 5.32. The summed E-state index contributed by atoms with van der Waals surface area (Å²) >= 11 is 1.71. The van der Waals surface area contributed by atoms with Gasteiger partial charge in [-0.2, -0.15) is 11.3 Å². The van der Waals surface area contributed by atoms with Crippen molar-refractivity contribution in [2.75, 3.05) is 6.54 Å². The fraction of sp³-hybridized carbons (Fsp3) is 0.706. The van der Waals surface area contributed by atoms with Crippen molar-refractivity contribution in [1.82, 2.24) is 10.2 Å². The van der Waals surface area contributed by atoms with E-state index < -0.39 is 0 Å². The second kappa shape index (κ2) is 6.09. The van der Waals surface area contributed by atoms with Gasteiger partial charge in [-0.1, -0.05) is 39.5 Å². The molecule has 1 aliphatic carbocycles. The summed E-state index contributed by atoms with van der Waals surface area (Å²) in [6, 6.07) is 2.16. The molecule has 2 fully saturated rings. The third-order valence-corrected chi connectivity index (χ3v) is 6.02. The van der Waals surface area contributed by atoms with Crippen LogP contribution in [-0.2, 0) is 4.79 Å². The maximum Gasteiger partial charge on any atom is 0.244 e. The van der Waals surface area contributed by atoms with Crippen molar-refractivity contribution in [3.05, 3.63) is 22.4 Å². The van der Waals surface area contributed by atoms with Gasteiger partial charge in [-0.15, -0.1) is 0 Å². The molecule has 3 nitrogen and oxygen atoms in total. The molecule has 1 atom stereocenters. The second-order valence-corrected chi connectivity index (χ2v) is 7.31. The molecular formula is C17H26N2OS. The van der Waals surface area contributed by atoms with Crippen LogP contribution in [0.25, 0.3) is 0 Å². The van der Waals surface area contributed by atoms with Crippen LogP contribution in [0.1, 0.15) is 64.1 Å². The van der Waals surface area contributed by atoms with Crippen LogP contribution in [0.15, 0.2) is 16.8 Å². The molecule has 0 bridgehead atoms. The molecule has 1 amide bonds. The summed E-state index contributed by atoms with van der Waals surface area (Å²) in [6.07, 6.45) is 6.73. The Morgan fingerprint density at radius 3 is 2.67 bits per heavy atom. The Hall–Kier alpha value is -0.870. The highest BCUT2D eigenvalue weighted by molar-refractivity contribution is 7.07. The van der Waals surface area contributed by atoms with Crippen molar-refractivity contribution in [3.8, 4) is 0 Å². The number of nitrogens with one attached hydrogen (secondary N) is 1. The van der Waals surface area contributed by atoms with Gasteiger partial charge in [0, 0.05) is 6.54 Å². The Kier molecular flexibility index (Phi) is 4.36. The zero-order valence-corrected chi connectivity index (χ0v) is 13.9. The van der Waals surface area contributed by atoms with Crippen molar-refractivity contribution < 1.29 is 4.79 Å². The molecule has 1 saturated carbocycles. The van der Waals surface area contributed by atoms with E-state index in [9.17, 15) is 4.79 Å². The quantitative estimate of drug-likeness (QED) is 0.894. The van der Waals surface area contributed by atoms with E-state index in [1.165, 1.54) is 18.4 Å². The van der Waals surface area contributed by atoms with E-state index in [1.807, 2.05) is 0 Å². The summed E-state index contributed by atoms with van der Waals surface area (Å²) in [5.74, 6) is 0.955. The topological polar surface area (TPSA) is 32.3 Å². The Balaban J connectivity index is 1.87. The lowest BCUT2D eigenvalue weighted by Gasteiger charge is -2.27. The highest BCUT2D eigenvalue weighted by atomic mass is 32.1. The van der Waals surface area contributed by atoms with Crippen LogP contribution in [0.2, 0.25) is 0 Å². The van der Waals surface area contributed by atoms with Gasteiger partial charge in [-0.05, 0) is 41.1 Å². The number of carbonyl (C=O) groups excluding carboxylic acids is 1. The van der Waals surface area contributed by atoms with Gasteiger partial charge in [-0.25, -0.2) is 0 Å². The number of rotatable bonds is 5. The van der Waals surface area contributed by atoms with Crippen molar-refractivity contribution >= 4 is 17.2 Å². The van der Waals surface area contributed by atoms with E-state index in [-0.39, 0.29) is 11.7 Å². The lowest BCUT2D eigenvalue weighted by Crippen LogP contribution is -2.44. The molecule has 2 heterocycles. The van der Waals surface area contributed by atoms with Crippen LogP contribution in [-0.4, -0.2) is 22.9 Å². The molecule has 0 radical (unpaired) electrons. The van der Waals surface area contributed by atoms with E-state index in [4.69, 9.17) is 0 Å². The Morgan fingerprint density at radius 1 is 1.38 bits per heavy atom. The molecule has 1 aromatic heterocycles. The van der Waals surface area contributed by atoms with Gasteiger partial charge in [0.2, 0.25) is 5.91 Å². The maximum atomic E-state index is 13.1. The average molecular weight is 306 g/mol. The van der Waals surface area contributed by atoms with Gasteiger partial charge in [0.15, 0.2) is 0 Å². The zero-order chi connectivity index (χ0) is 14.9. The molecule has 21 heavy (non-hydrogen) atoms. The first-order valence-corrected chi connectivity index (χ1v) is 9.25. The first-order valence-electron chi connectivity index (χ1n) is 8.31. The monoisotopic (exact) mass is 306 g/mol. The molecule has 1 N–H and O–H groups in total. The van der Waals surface area contributed by atoms with Crippen LogP contribution in [0, 0.1) is 5.92 Å². The molecule has 3 rings (SSSR count). The molecule has 2 aliphatic rings. The predicted molar refractivity (Wildman–Crippen MR) is 87.2 cm³/mol. The van der Waals surface area contributed by atoms with Gasteiger partial charge in [0.25, 0.3) is 0 Å². The SMILES string of the molecule is CCC(CC)CN1C(=O)C2(CCCC2)NC1c1ccsc1. The summed E-state index contributed by atoms with van der Waals surface area (Å²) in [4.78, 5) is 15.2. The minimum atomic E-state index is -0.265. The number of nitrogens with zero attached hydrogens (tertiary/aromatic N) is 1. The fourth-order valence-electron chi connectivity index (χ4n) is 3.84. The molecule has 1 saturated heterocycles. The molecule has 116 valence electrons. The van der Waals surface area contributed by atoms with E-state index in [2.05, 4.69) is 40.9 Å². The fourth-order valence-corrected chi connectivity index (χ4v) is 4.52. The van der Waals surface area contributed by atoms with Crippen molar-refractivity contribution in [1.29, 1.82) is 0 Å². The van der Waals surface area contributed by atoms with Crippen molar-refractivity contribution in [2.45, 2.75) is 64.1 Å². The first-order chi connectivity index (χ1) is 10.2. The Morgan fingerprint density at radius 2 is 2.10 bits per heavy atom. The van der Waals surface area contributed by atoms with Gasteiger partial charge in [0.1, 0.15) is 6.17 Å². The lowest BCUT2D eigenvalue weighted by molar-refractivity contribution is -0.133. The van der Waals surface area contributed by atoms with Crippen LogP contribution in [0.4, 0.5) is 0 Å². The summed E-state index contributed by atoms with van der Waals surface area (Å²) in [7, 11) is 0. The summed E-state index contributed by atoms with van der Waals surface area (Å²) < 4.78 is 0. The Bertz CT molecular complexity index is 475. The van der Waals surface area contributed by atoms with Gasteiger partial charge in [0.05, 0.1) is 5.54 Å². The molecular weight excluding hydrogens is 280 g/mol. The van der Waals surface area contributed by atoms with Crippen LogP contribution < -0.4 is 5.32 Å². The first kappa shape index (κ1) is 15.0. The average Bonchev–Trinajstić information content (AvgIpc) is 3.22. The number of hydrogen-bond donors (Lipinski definition) is 1. The maximum absolute atomic E-state index is 13.1. The molecule has 1 unspecified atom stereocenters. The van der Waals surface area contributed by atoms with E-state index in [0.717, 1.165) is 32.2 Å². The van der Waals surface area contributed by atoms with Gasteiger partial charge in [-0.3, -0.25) is 10.1 Å². The Labute approximate surface area is 131 Å². The van der Waals surface area contributed by atoms with Gasteiger partial charge >= 0.3 is 0 Å². The highest BCUT2D eigenvalue weighted by Gasteiger charge is 2.52. The number of carbonyl (C=O) groups is 1. The van der Waals surface area contributed by atoms with Crippen LogP contribution >= 0.6 is 11.3 Å². The van der Waals surface area contributed by atoms with Crippen molar-refractivity contribution in [3.63, 3.8) is 0 Å². The summed E-state index contributed by atoms with van der Waals surface area (Å²) in [5, 5.41) is 7.99. The largest absolute Gasteiger partial charge is 0.321 e. The summed E-state index contributed by atoms with van der Waals surface area (Å²) in [6.45, 7) is 5.35. The highest BCUT2D eigenvalue weighted by Crippen LogP contribution is 2.41. The standard InChI is InChI=1S/C17H26N2OS/c1-3-13(4-2)11-19-15(14-7-10-21-12-14)18-17(16(19)20)8-5-6-9-17/h7,10,12-13,15,18H,3-6,8-9,11H2,1-2H3. The smallest absolute Gasteiger partial charge is 0.244 e.